The molecule has 3 aromatic carbocycles. The van der Waals surface area contributed by atoms with Gasteiger partial charge >= 0.3 is 0 Å². The van der Waals surface area contributed by atoms with Crippen molar-refractivity contribution in [3.05, 3.63) is 87.9 Å². The van der Waals surface area contributed by atoms with E-state index >= 15 is 0 Å². The van der Waals surface area contributed by atoms with Crippen LogP contribution in [0.3, 0.4) is 0 Å². The lowest BCUT2D eigenvalue weighted by molar-refractivity contribution is 0.282. The molecule has 6 heteroatoms. The molecule has 3 nitrogen and oxygen atoms in total. The number of aliphatic hydroxyl groups is 1. The van der Waals surface area contributed by atoms with Crippen LogP contribution in [0.25, 0.3) is 11.1 Å². The highest BCUT2D eigenvalue weighted by Gasteiger charge is 2.16. The van der Waals surface area contributed by atoms with Crippen LogP contribution in [-0.4, -0.2) is 13.5 Å². The fourth-order valence-corrected chi connectivity index (χ4v) is 4.54. The standard InChI is InChI=1S/C20H16Cl2O3S/c21-17-6-9-19(20(22)11-17)16-4-7-18(8-5-16)26(24,25)13-15-3-1-2-14(10-15)12-23/h1-11,23H,12-13H2. The van der Waals surface area contributed by atoms with E-state index in [0.717, 1.165) is 11.1 Å². The maximum atomic E-state index is 12.7. The van der Waals surface area contributed by atoms with Crippen molar-refractivity contribution < 1.29 is 13.5 Å². The molecule has 0 amide bonds. The summed E-state index contributed by atoms with van der Waals surface area (Å²) >= 11 is 12.1. The van der Waals surface area contributed by atoms with Crippen LogP contribution in [0.4, 0.5) is 0 Å². The van der Waals surface area contributed by atoms with E-state index < -0.39 is 9.84 Å². The van der Waals surface area contributed by atoms with Gasteiger partial charge in [-0.05, 0) is 41.0 Å². The van der Waals surface area contributed by atoms with Crippen LogP contribution in [0, 0.1) is 0 Å². The molecule has 3 rings (SSSR count). The fraction of sp³-hybridized carbons (Fsp3) is 0.100. The Kier molecular flexibility index (Phi) is 5.68. The highest BCUT2D eigenvalue weighted by molar-refractivity contribution is 7.90. The highest BCUT2D eigenvalue weighted by atomic mass is 35.5. The fourth-order valence-electron chi connectivity index (χ4n) is 2.69. The Hall–Kier alpha value is -1.85. The van der Waals surface area contributed by atoms with Gasteiger partial charge in [-0.3, -0.25) is 0 Å². The van der Waals surface area contributed by atoms with E-state index in [2.05, 4.69) is 0 Å². The molecular weight excluding hydrogens is 391 g/mol. The first-order chi connectivity index (χ1) is 12.4. The topological polar surface area (TPSA) is 54.4 Å². The van der Waals surface area contributed by atoms with Crippen molar-refractivity contribution in [2.75, 3.05) is 0 Å². The van der Waals surface area contributed by atoms with Gasteiger partial charge in [0.15, 0.2) is 9.84 Å². The van der Waals surface area contributed by atoms with Gasteiger partial charge in [0, 0.05) is 15.6 Å². The molecule has 0 heterocycles. The van der Waals surface area contributed by atoms with Crippen molar-refractivity contribution in [2.24, 2.45) is 0 Å². The normalized spacial score (nSPS) is 11.5. The van der Waals surface area contributed by atoms with Crippen LogP contribution in [0.1, 0.15) is 11.1 Å². The SMILES string of the molecule is O=S(=O)(Cc1cccc(CO)c1)c1ccc(-c2ccc(Cl)cc2Cl)cc1. The number of aliphatic hydroxyl groups excluding tert-OH is 1. The summed E-state index contributed by atoms with van der Waals surface area (Å²) in [7, 11) is -3.49. The predicted octanol–water partition coefficient (Wildman–Crippen LogP) is 5.13. The lowest BCUT2D eigenvalue weighted by Gasteiger charge is -2.09. The molecule has 0 saturated heterocycles. The summed E-state index contributed by atoms with van der Waals surface area (Å²) in [6, 6.07) is 18.7. The molecule has 1 N–H and O–H groups in total. The van der Waals surface area contributed by atoms with Crippen LogP contribution in [-0.2, 0) is 22.2 Å². The second-order valence-corrected chi connectivity index (χ2v) is 8.72. The summed E-state index contributed by atoms with van der Waals surface area (Å²) in [5.41, 5.74) is 2.93. The van der Waals surface area contributed by atoms with Crippen molar-refractivity contribution in [3.63, 3.8) is 0 Å². The third-order valence-corrected chi connectivity index (χ3v) is 6.24. The number of rotatable bonds is 5. The van der Waals surface area contributed by atoms with Gasteiger partial charge in [0.05, 0.1) is 17.3 Å². The van der Waals surface area contributed by atoms with Crippen molar-refractivity contribution in [1.82, 2.24) is 0 Å². The minimum absolute atomic E-state index is 0.121. The summed E-state index contributed by atoms with van der Waals surface area (Å²) in [5.74, 6) is -0.123. The molecule has 0 aliphatic rings. The molecule has 0 bridgehead atoms. The number of hydrogen-bond acceptors (Lipinski definition) is 3. The van der Waals surface area contributed by atoms with Gasteiger partial charge in [-0.15, -0.1) is 0 Å². The quantitative estimate of drug-likeness (QED) is 0.638. The molecule has 0 aliphatic carbocycles. The molecule has 0 aliphatic heterocycles. The Balaban J connectivity index is 1.87. The molecule has 0 aromatic heterocycles. The number of benzene rings is 3. The monoisotopic (exact) mass is 406 g/mol. The van der Waals surface area contributed by atoms with E-state index in [1.165, 1.54) is 0 Å². The third kappa shape index (κ3) is 4.27. The Morgan fingerprint density at radius 2 is 1.54 bits per heavy atom. The van der Waals surface area contributed by atoms with Gasteiger partial charge in [0.2, 0.25) is 0 Å². The van der Waals surface area contributed by atoms with E-state index in [1.807, 2.05) is 0 Å². The smallest absolute Gasteiger partial charge is 0.182 e. The van der Waals surface area contributed by atoms with Crippen LogP contribution in [0.15, 0.2) is 71.6 Å². The average Bonchev–Trinajstić information content (AvgIpc) is 2.62. The Morgan fingerprint density at radius 3 is 2.19 bits per heavy atom. The average molecular weight is 407 g/mol. The first kappa shape index (κ1) is 18.9. The lowest BCUT2D eigenvalue weighted by atomic mass is 10.1. The van der Waals surface area contributed by atoms with Gasteiger partial charge in [0.25, 0.3) is 0 Å². The van der Waals surface area contributed by atoms with Crippen LogP contribution >= 0.6 is 23.2 Å². The van der Waals surface area contributed by atoms with Crippen molar-refractivity contribution >= 4 is 33.0 Å². The summed E-state index contributed by atoms with van der Waals surface area (Å²) in [4.78, 5) is 0.237. The molecule has 0 fully saturated rings. The van der Waals surface area contributed by atoms with E-state index in [1.54, 1.807) is 66.7 Å². The highest BCUT2D eigenvalue weighted by Crippen LogP contribution is 2.31. The lowest BCUT2D eigenvalue weighted by Crippen LogP contribution is -2.05. The maximum absolute atomic E-state index is 12.7. The first-order valence-corrected chi connectivity index (χ1v) is 10.3. The van der Waals surface area contributed by atoms with Crippen LogP contribution in [0.5, 0.6) is 0 Å². The van der Waals surface area contributed by atoms with Gasteiger partial charge in [-0.25, -0.2) is 8.42 Å². The second-order valence-electron chi connectivity index (χ2n) is 5.89. The molecular formula is C20H16Cl2O3S. The molecule has 0 spiro atoms. The second kappa shape index (κ2) is 7.80. The summed E-state index contributed by atoms with van der Waals surface area (Å²) < 4.78 is 25.3. The summed E-state index contributed by atoms with van der Waals surface area (Å²) in [6.45, 7) is -0.121. The van der Waals surface area contributed by atoms with E-state index in [-0.39, 0.29) is 17.3 Å². The van der Waals surface area contributed by atoms with E-state index in [0.29, 0.717) is 21.2 Å². The number of halogens is 2. The Labute approximate surface area is 162 Å². The molecule has 134 valence electrons. The van der Waals surface area contributed by atoms with Crippen molar-refractivity contribution in [2.45, 2.75) is 17.3 Å². The third-order valence-electron chi connectivity index (χ3n) is 3.99. The zero-order valence-electron chi connectivity index (χ0n) is 13.7. The van der Waals surface area contributed by atoms with Crippen LogP contribution < -0.4 is 0 Å². The molecule has 26 heavy (non-hydrogen) atoms. The molecule has 3 aromatic rings. The molecule has 0 unspecified atom stereocenters. The molecule has 0 radical (unpaired) electrons. The van der Waals surface area contributed by atoms with Gasteiger partial charge in [0.1, 0.15) is 0 Å². The van der Waals surface area contributed by atoms with Gasteiger partial charge in [-0.2, -0.15) is 0 Å². The molecule has 0 saturated carbocycles. The zero-order valence-corrected chi connectivity index (χ0v) is 16.0. The van der Waals surface area contributed by atoms with Gasteiger partial charge < -0.3 is 5.11 Å². The largest absolute Gasteiger partial charge is 0.392 e. The zero-order chi connectivity index (χ0) is 18.7. The maximum Gasteiger partial charge on any atom is 0.182 e. The van der Waals surface area contributed by atoms with Crippen LogP contribution in [0.2, 0.25) is 10.0 Å². The van der Waals surface area contributed by atoms with E-state index in [9.17, 15) is 13.5 Å². The Morgan fingerprint density at radius 1 is 0.846 bits per heavy atom. The minimum Gasteiger partial charge on any atom is -0.392 e. The summed E-state index contributed by atoms with van der Waals surface area (Å²) in [5, 5.41) is 10.2. The summed E-state index contributed by atoms with van der Waals surface area (Å²) in [6.07, 6.45) is 0. The van der Waals surface area contributed by atoms with E-state index in [4.69, 9.17) is 23.2 Å². The predicted molar refractivity (Wildman–Crippen MR) is 105 cm³/mol. The number of sulfone groups is 1. The minimum atomic E-state index is -3.49. The number of hydrogen-bond donors (Lipinski definition) is 1. The van der Waals surface area contributed by atoms with Gasteiger partial charge in [-0.1, -0.05) is 65.7 Å². The Bertz CT molecular complexity index is 1030. The van der Waals surface area contributed by atoms with Crippen molar-refractivity contribution in [1.29, 1.82) is 0 Å². The molecule has 0 atom stereocenters. The van der Waals surface area contributed by atoms with Crippen molar-refractivity contribution in [3.8, 4) is 11.1 Å². The first-order valence-electron chi connectivity index (χ1n) is 7.86.